The van der Waals surface area contributed by atoms with Crippen molar-refractivity contribution in [1.82, 2.24) is 0 Å². The second-order valence-electron chi connectivity index (χ2n) is 4.82. The molecule has 0 aliphatic rings. The molecule has 0 heterocycles. The summed E-state index contributed by atoms with van der Waals surface area (Å²) in [6.07, 6.45) is 2.69. The van der Waals surface area contributed by atoms with Gasteiger partial charge in [0.05, 0.1) is 5.57 Å². The lowest BCUT2D eigenvalue weighted by Gasteiger charge is -2.04. The van der Waals surface area contributed by atoms with Gasteiger partial charge in [-0.1, -0.05) is 61.0 Å². The molecule has 2 aromatic carbocycles. The van der Waals surface area contributed by atoms with Crippen LogP contribution in [-0.2, 0) is 11.2 Å². The van der Waals surface area contributed by atoms with Crippen LogP contribution in [0.5, 0.6) is 0 Å². The lowest BCUT2D eigenvalue weighted by atomic mass is 10.0. The Hall–Kier alpha value is -2.35. The average molecular weight is 266 g/mol. The fraction of sp³-hybridized carbons (Fsp3) is 0.167. The van der Waals surface area contributed by atoms with Crippen LogP contribution in [0.3, 0.4) is 0 Å². The van der Waals surface area contributed by atoms with Gasteiger partial charge in [-0.25, -0.2) is 4.79 Å². The number of carboxylic acids is 1. The number of hydrogen-bond acceptors (Lipinski definition) is 1. The van der Waals surface area contributed by atoms with E-state index in [1.807, 2.05) is 55.5 Å². The van der Waals surface area contributed by atoms with Gasteiger partial charge in [0.1, 0.15) is 0 Å². The van der Waals surface area contributed by atoms with Crippen LogP contribution in [0, 0.1) is 6.92 Å². The highest BCUT2D eigenvalue weighted by Gasteiger charge is 2.10. The molecule has 0 amide bonds. The van der Waals surface area contributed by atoms with Crippen LogP contribution in [0.1, 0.15) is 29.2 Å². The fourth-order valence-corrected chi connectivity index (χ4v) is 2.02. The number of aliphatic carboxylic acids is 1. The largest absolute Gasteiger partial charge is 0.478 e. The zero-order valence-electron chi connectivity index (χ0n) is 11.8. The Bertz CT molecular complexity index is 619. The Labute approximate surface area is 119 Å². The maximum absolute atomic E-state index is 11.4. The van der Waals surface area contributed by atoms with Crippen molar-refractivity contribution in [3.05, 3.63) is 70.8 Å². The first-order valence-corrected chi connectivity index (χ1v) is 6.71. The number of hydrogen-bond donors (Lipinski definition) is 1. The summed E-state index contributed by atoms with van der Waals surface area (Å²) >= 11 is 0. The third-order valence-electron chi connectivity index (χ3n) is 3.29. The summed E-state index contributed by atoms with van der Waals surface area (Å²) in [5.74, 6) is -0.909. The highest BCUT2D eigenvalue weighted by atomic mass is 16.4. The van der Waals surface area contributed by atoms with Crippen LogP contribution >= 0.6 is 0 Å². The molecule has 20 heavy (non-hydrogen) atoms. The molecule has 0 unspecified atom stereocenters. The van der Waals surface area contributed by atoms with Gasteiger partial charge in [0.2, 0.25) is 0 Å². The molecule has 1 N–H and O–H groups in total. The number of carbonyl (C=O) groups is 1. The van der Waals surface area contributed by atoms with Gasteiger partial charge in [0, 0.05) is 0 Å². The summed E-state index contributed by atoms with van der Waals surface area (Å²) < 4.78 is 0. The van der Waals surface area contributed by atoms with Crippen LogP contribution in [-0.4, -0.2) is 11.1 Å². The van der Waals surface area contributed by atoms with Gasteiger partial charge in [0.15, 0.2) is 0 Å². The van der Waals surface area contributed by atoms with Crippen LogP contribution in [0.4, 0.5) is 0 Å². The number of rotatable bonds is 4. The van der Waals surface area contributed by atoms with E-state index >= 15 is 0 Å². The molecule has 0 aliphatic carbocycles. The predicted octanol–water partition coefficient (Wildman–Crippen LogP) is 4.18. The molecule has 0 aromatic heterocycles. The second-order valence-corrected chi connectivity index (χ2v) is 4.82. The molecule has 2 rings (SSSR count). The van der Waals surface area contributed by atoms with Crippen molar-refractivity contribution in [1.29, 1.82) is 0 Å². The van der Waals surface area contributed by atoms with Crippen molar-refractivity contribution in [2.24, 2.45) is 0 Å². The Kier molecular flexibility index (Phi) is 4.36. The summed E-state index contributed by atoms with van der Waals surface area (Å²) in [4.78, 5) is 11.4. The third kappa shape index (κ3) is 3.35. The number of aryl methyl sites for hydroxylation is 2. The SMILES string of the molecule is CCc1ccc(/C=C(/C(=O)O)c2ccc(C)cc2)cc1. The average Bonchev–Trinajstić information content (AvgIpc) is 2.46. The van der Waals surface area contributed by atoms with Crippen LogP contribution in [0.25, 0.3) is 11.6 Å². The summed E-state index contributed by atoms with van der Waals surface area (Å²) in [5, 5.41) is 9.39. The van der Waals surface area contributed by atoms with Crippen molar-refractivity contribution in [3.8, 4) is 0 Å². The summed E-state index contributed by atoms with van der Waals surface area (Å²) in [6.45, 7) is 4.08. The van der Waals surface area contributed by atoms with Crippen LogP contribution in [0.2, 0.25) is 0 Å². The van der Waals surface area contributed by atoms with Crippen molar-refractivity contribution in [3.63, 3.8) is 0 Å². The van der Waals surface area contributed by atoms with Gasteiger partial charge in [-0.15, -0.1) is 0 Å². The zero-order chi connectivity index (χ0) is 14.5. The van der Waals surface area contributed by atoms with E-state index in [1.54, 1.807) is 6.08 Å². The van der Waals surface area contributed by atoms with Crippen molar-refractivity contribution < 1.29 is 9.90 Å². The third-order valence-corrected chi connectivity index (χ3v) is 3.29. The van der Waals surface area contributed by atoms with E-state index in [9.17, 15) is 9.90 Å². The van der Waals surface area contributed by atoms with Gasteiger partial charge < -0.3 is 5.11 Å². The molecule has 0 spiro atoms. The first-order chi connectivity index (χ1) is 9.60. The lowest BCUT2D eigenvalue weighted by molar-refractivity contribution is -0.130. The van der Waals surface area contributed by atoms with Gasteiger partial charge in [-0.3, -0.25) is 0 Å². The molecule has 2 heteroatoms. The van der Waals surface area contributed by atoms with E-state index in [0.717, 1.165) is 23.1 Å². The highest BCUT2D eigenvalue weighted by molar-refractivity contribution is 6.20. The maximum Gasteiger partial charge on any atom is 0.336 e. The maximum atomic E-state index is 11.4. The minimum atomic E-state index is -0.909. The van der Waals surface area contributed by atoms with E-state index in [4.69, 9.17) is 0 Å². The summed E-state index contributed by atoms with van der Waals surface area (Å²) in [5.41, 5.74) is 4.30. The van der Waals surface area contributed by atoms with E-state index < -0.39 is 5.97 Å². The smallest absolute Gasteiger partial charge is 0.336 e. The molecular weight excluding hydrogens is 248 g/mol. The fourth-order valence-electron chi connectivity index (χ4n) is 2.02. The molecule has 0 bridgehead atoms. The first kappa shape index (κ1) is 14.1. The van der Waals surface area contributed by atoms with Crippen molar-refractivity contribution in [2.45, 2.75) is 20.3 Å². The van der Waals surface area contributed by atoms with E-state index in [2.05, 4.69) is 6.92 Å². The molecular formula is C18H18O2. The predicted molar refractivity (Wildman–Crippen MR) is 82.5 cm³/mol. The Morgan fingerprint density at radius 1 is 1.05 bits per heavy atom. The van der Waals surface area contributed by atoms with Crippen LogP contribution in [0.15, 0.2) is 48.5 Å². The quantitative estimate of drug-likeness (QED) is 0.665. The summed E-state index contributed by atoms with van der Waals surface area (Å²) in [6, 6.07) is 15.5. The van der Waals surface area contributed by atoms with Crippen molar-refractivity contribution >= 4 is 17.6 Å². The topological polar surface area (TPSA) is 37.3 Å². The van der Waals surface area contributed by atoms with Gasteiger partial charge >= 0.3 is 5.97 Å². The standard InChI is InChI=1S/C18H18O2/c1-3-14-6-8-15(9-7-14)12-17(18(19)20)16-10-4-13(2)5-11-16/h4-12H,3H2,1-2H3,(H,19,20)/b17-12+. The highest BCUT2D eigenvalue weighted by Crippen LogP contribution is 2.19. The lowest BCUT2D eigenvalue weighted by Crippen LogP contribution is -1.99. The molecule has 0 aliphatic heterocycles. The van der Waals surface area contributed by atoms with Gasteiger partial charge in [0.25, 0.3) is 0 Å². The second kappa shape index (κ2) is 6.20. The molecule has 0 radical (unpaired) electrons. The first-order valence-electron chi connectivity index (χ1n) is 6.71. The Morgan fingerprint density at radius 3 is 2.15 bits per heavy atom. The van der Waals surface area contributed by atoms with E-state index in [0.29, 0.717) is 5.57 Å². The minimum Gasteiger partial charge on any atom is -0.478 e. The number of benzene rings is 2. The molecule has 0 saturated heterocycles. The van der Waals surface area contributed by atoms with Gasteiger partial charge in [-0.2, -0.15) is 0 Å². The summed E-state index contributed by atoms with van der Waals surface area (Å²) in [7, 11) is 0. The van der Waals surface area contributed by atoms with Crippen LogP contribution < -0.4 is 0 Å². The monoisotopic (exact) mass is 266 g/mol. The molecule has 0 atom stereocenters. The molecule has 0 fully saturated rings. The van der Waals surface area contributed by atoms with Gasteiger partial charge in [-0.05, 0) is 36.1 Å². The molecule has 2 aromatic rings. The van der Waals surface area contributed by atoms with Crippen molar-refractivity contribution in [2.75, 3.05) is 0 Å². The zero-order valence-corrected chi connectivity index (χ0v) is 11.8. The Morgan fingerprint density at radius 2 is 1.65 bits per heavy atom. The molecule has 102 valence electrons. The minimum absolute atomic E-state index is 0.314. The van der Waals surface area contributed by atoms with E-state index in [-0.39, 0.29) is 0 Å². The molecule has 0 saturated carbocycles. The Balaban J connectivity index is 2.39. The van der Waals surface area contributed by atoms with E-state index in [1.165, 1.54) is 5.56 Å². The molecule has 2 nitrogen and oxygen atoms in total. The normalized spacial score (nSPS) is 11.4. The number of carboxylic acid groups (broad SMARTS) is 1.